The SMILES string of the molecule is O.O=S(=O)(Nc1ccc2c(c1)C(C1CCNCC1)=CCO2)c1ccccc1. The minimum atomic E-state index is -3.60. The van der Waals surface area contributed by atoms with Crippen molar-refractivity contribution in [3.63, 3.8) is 0 Å². The van der Waals surface area contributed by atoms with Gasteiger partial charge in [0.1, 0.15) is 12.4 Å². The van der Waals surface area contributed by atoms with Gasteiger partial charge in [0.05, 0.1) is 4.90 Å². The highest BCUT2D eigenvalue weighted by atomic mass is 32.2. The molecule has 0 aliphatic carbocycles. The molecule has 4 N–H and O–H groups in total. The number of nitrogens with one attached hydrogen (secondary N) is 2. The number of sulfonamides is 1. The quantitative estimate of drug-likeness (QED) is 0.840. The summed E-state index contributed by atoms with van der Waals surface area (Å²) in [6.45, 7) is 2.60. The van der Waals surface area contributed by atoms with E-state index in [1.165, 1.54) is 5.57 Å². The van der Waals surface area contributed by atoms with Crippen LogP contribution in [0.25, 0.3) is 5.57 Å². The second-order valence-corrected chi connectivity index (χ2v) is 8.31. The molecule has 2 aromatic carbocycles. The molecule has 0 saturated carbocycles. The van der Waals surface area contributed by atoms with Gasteiger partial charge in [0.15, 0.2) is 0 Å². The molecule has 0 atom stereocenters. The van der Waals surface area contributed by atoms with Crippen LogP contribution in [0.3, 0.4) is 0 Å². The summed E-state index contributed by atoms with van der Waals surface area (Å²) in [6.07, 6.45) is 4.31. The molecule has 1 saturated heterocycles. The third kappa shape index (κ3) is 4.16. The summed E-state index contributed by atoms with van der Waals surface area (Å²) >= 11 is 0. The van der Waals surface area contributed by atoms with Crippen LogP contribution in [0.15, 0.2) is 59.5 Å². The summed E-state index contributed by atoms with van der Waals surface area (Å²) in [6, 6.07) is 13.9. The molecule has 0 spiro atoms. The van der Waals surface area contributed by atoms with Gasteiger partial charge in [-0.2, -0.15) is 0 Å². The zero-order valence-electron chi connectivity index (χ0n) is 14.9. The second-order valence-electron chi connectivity index (χ2n) is 6.62. The Kier molecular flexibility index (Phi) is 5.84. The number of fused-ring (bicyclic) bond motifs is 1. The average molecular weight is 388 g/mol. The monoisotopic (exact) mass is 388 g/mol. The smallest absolute Gasteiger partial charge is 0.261 e. The molecular weight excluding hydrogens is 364 g/mol. The van der Waals surface area contributed by atoms with Gasteiger partial charge in [-0.15, -0.1) is 0 Å². The fourth-order valence-corrected chi connectivity index (χ4v) is 4.68. The molecule has 0 bridgehead atoms. The molecule has 4 rings (SSSR count). The Balaban J connectivity index is 0.00000210. The summed E-state index contributed by atoms with van der Waals surface area (Å²) in [5.41, 5.74) is 2.82. The van der Waals surface area contributed by atoms with Gasteiger partial charge >= 0.3 is 0 Å². The molecule has 2 aromatic rings. The second kappa shape index (κ2) is 8.12. The van der Waals surface area contributed by atoms with E-state index in [1.807, 2.05) is 12.1 Å². The molecule has 7 heteroatoms. The highest BCUT2D eigenvalue weighted by Gasteiger charge is 2.24. The number of rotatable bonds is 4. The van der Waals surface area contributed by atoms with Crippen LogP contribution >= 0.6 is 0 Å². The van der Waals surface area contributed by atoms with Crippen LogP contribution in [0.1, 0.15) is 18.4 Å². The lowest BCUT2D eigenvalue weighted by Gasteiger charge is -2.29. The molecule has 0 radical (unpaired) electrons. The molecule has 2 heterocycles. The highest BCUT2D eigenvalue weighted by molar-refractivity contribution is 7.92. The Morgan fingerprint density at radius 3 is 2.52 bits per heavy atom. The molecule has 144 valence electrons. The van der Waals surface area contributed by atoms with E-state index < -0.39 is 10.0 Å². The number of piperidine rings is 1. The molecule has 0 aromatic heterocycles. The lowest BCUT2D eigenvalue weighted by Crippen LogP contribution is -2.29. The van der Waals surface area contributed by atoms with E-state index in [2.05, 4.69) is 16.1 Å². The maximum Gasteiger partial charge on any atom is 0.261 e. The zero-order chi connectivity index (χ0) is 18.0. The summed E-state index contributed by atoms with van der Waals surface area (Å²) in [5, 5.41) is 3.39. The minimum Gasteiger partial charge on any atom is -0.489 e. The first-order chi connectivity index (χ1) is 12.6. The molecule has 2 aliphatic rings. The highest BCUT2D eigenvalue weighted by Crippen LogP contribution is 2.39. The van der Waals surface area contributed by atoms with Crippen LogP contribution in [-0.2, 0) is 10.0 Å². The fraction of sp³-hybridized carbons (Fsp3) is 0.300. The van der Waals surface area contributed by atoms with Gasteiger partial charge in [0.2, 0.25) is 0 Å². The summed E-state index contributed by atoms with van der Waals surface area (Å²) in [4.78, 5) is 0.253. The summed E-state index contributed by atoms with van der Waals surface area (Å²) in [7, 11) is -3.60. The van der Waals surface area contributed by atoms with Crippen molar-refractivity contribution in [1.82, 2.24) is 5.32 Å². The van der Waals surface area contributed by atoms with Crippen molar-refractivity contribution in [2.75, 3.05) is 24.4 Å². The molecule has 1 fully saturated rings. The van der Waals surface area contributed by atoms with E-state index in [0.29, 0.717) is 18.2 Å². The normalized spacial score (nSPS) is 17.1. The van der Waals surface area contributed by atoms with Crippen LogP contribution in [0.5, 0.6) is 5.75 Å². The van der Waals surface area contributed by atoms with Crippen molar-refractivity contribution in [2.24, 2.45) is 5.92 Å². The fourth-order valence-electron chi connectivity index (χ4n) is 3.61. The van der Waals surface area contributed by atoms with Crippen LogP contribution < -0.4 is 14.8 Å². The number of allylic oxidation sites excluding steroid dienone is 1. The molecular formula is C20H24N2O4S. The lowest BCUT2D eigenvalue weighted by atomic mass is 9.84. The zero-order valence-corrected chi connectivity index (χ0v) is 15.8. The van der Waals surface area contributed by atoms with Gasteiger partial charge in [0, 0.05) is 11.3 Å². The predicted molar refractivity (Wildman–Crippen MR) is 106 cm³/mol. The molecule has 0 unspecified atom stereocenters. The van der Waals surface area contributed by atoms with Crippen LogP contribution in [0.2, 0.25) is 0 Å². The van der Waals surface area contributed by atoms with Crippen molar-refractivity contribution >= 4 is 21.3 Å². The minimum absolute atomic E-state index is 0. The van der Waals surface area contributed by atoms with E-state index >= 15 is 0 Å². The Morgan fingerprint density at radius 2 is 1.78 bits per heavy atom. The first-order valence-corrected chi connectivity index (χ1v) is 10.4. The maximum absolute atomic E-state index is 12.6. The number of ether oxygens (including phenoxy) is 1. The molecule has 6 nitrogen and oxygen atoms in total. The van der Waals surface area contributed by atoms with E-state index in [1.54, 1.807) is 36.4 Å². The Morgan fingerprint density at radius 1 is 1.04 bits per heavy atom. The Hall–Kier alpha value is -2.35. The van der Waals surface area contributed by atoms with Gasteiger partial charge in [-0.1, -0.05) is 18.2 Å². The van der Waals surface area contributed by atoms with Gasteiger partial charge in [-0.05, 0) is 73.8 Å². The van der Waals surface area contributed by atoms with Crippen LogP contribution in [-0.4, -0.2) is 33.6 Å². The van der Waals surface area contributed by atoms with Gasteiger partial charge < -0.3 is 15.5 Å². The number of hydrogen-bond acceptors (Lipinski definition) is 4. The van der Waals surface area contributed by atoms with Crippen molar-refractivity contribution in [3.05, 3.63) is 60.2 Å². The van der Waals surface area contributed by atoms with Crippen molar-refractivity contribution < 1.29 is 18.6 Å². The topological polar surface area (TPSA) is 98.9 Å². The van der Waals surface area contributed by atoms with Crippen molar-refractivity contribution in [1.29, 1.82) is 0 Å². The first-order valence-electron chi connectivity index (χ1n) is 8.89. The lowest BCUT2D eigenvalue weighted by molar-refractivity contribution is 0.351. The van der Waals surface area contributed by atoms with Crippen molar-refractivity contribution in [2.45, 2.75) is 17.7 Å². The third-order valence-corrected chi connectivity index (χ3v) is 6.31. The van der Waals surface area contributed by atoms with E-state index in [4.69, 9.17) is 4.74 Å². The molecule has 0 amide bonds. The average Bonchev–Trinajstić information content (AvgIpc) is 2.68. The number of anilines is 1. The molecule has 2 aliphatic heterocycles. The number of hydrogen-bond donors (Lipinski definition) is 2. The molecule has 27 heavy (non-hydrogen) atoms. The van der Waals surface area contributed by atoms with E-state index in [-0.39, 0.29) is 10.4 Å². The number of benzene rings is 2. The maximum atomic E-state index is 12.6. The first kappa shape index (κ1) is 19.4. The largest absolute Gasteiger partial charge is 0.489 e. The Bertz CT molecular complexity index is 920. The van der Waals surface area contributed by atoms with Crippen LogP contribution in [0, 0.1) is 5.92 Å². The van der Waals surface area contributed by atoms with Crippen molar-refractivity contribution in [3.8, 4) is 5.75 Å². The van der Waals surface area contributed by atoms with E-state index in [0.717, 1.165) is 37.2 Å². The van der Waals surface area contributed by atoms with Crippen LogP contribution in [0.4, 0.5) is 5.69 Å². The van der Waals surface area contributed by atoms with E-state index in [9.17, 15) is 8.42 Å². The summed E-state index contributed by atoms with van der Waals surface area (Å²) in [5.74, 6) is 1.31. The standard InChI is InChI=1S/C20H22N2O3S.H2O/c23-26(24,17-4-2-1-3-5-17)22-16-6-7-20-19(14-16)18(10-13-25-20)15-8-11-21-12-9-15;/h1-7,10,14-15,21-22H,8-9,11-13H2;1H2. The Labute approximate surface area is 159 Å². The summed E-state index contributed by atoms with van der Waals surface area (Å²) < 4.78 is 33.6. The van der Waals surface area contributed by atoms with Gasteiger partial charge in [-0.3, -0.25) is 4.72 Å². The predicted octanol–water partition coefficient (Wildman–Crippen LogP) is 2.44. The van der Waals surface area contributed by atoms with Gasteiger partial charge in [0.25, 0.3) is 10.0 Å². The third-order valence-electron chi connectivity index (χ3n) is 4.92. The van der Waals surface area contributed by atoms with Gasteiger partial charge in [-0.25, -0.2) is 8.42 Å².